The lowest BCUT2D eigenvalue weighted by molar-refractivity contribution is 0.340. The molecule has 1 heterocycles. The molecule has 0 aromatic heterocycles. The number of benzene rings is 1. The first-order valence-electron chi connectivity index (χ1n) is 8.76. The van der Waals surface area contributed by atoms with Gasteiger partial charge in [0.05, 0.1) is 0 Å². The lowest BCUT2D eigenvalue weighted by Crippen LogP contribution is -2.34. The fourth-order valence-electron chi connectivity index (χ4n) is 3.17. The van der Waals surface area contributed by atoms with Gasteiger partial charge in [-0.2, -0.15) is 0 Å². The molecule has 1 saturated heterocycles. The van der Waals surface area contributed by atoms with Crippen LogP contribution in [0.1, 0.15) is 57.6 Å². The van der Waals surface area contributed by atoms with Crippen LogP contribution in [0.4, 0.5) is 0 Å². The minimum Gasteiger partial charge on any atom is -0.360 e. The molecule has 1 aromatic carbocycles. The number of hydrogen-bond acceptors (Lipinski definition) is 1. The monoisotopic (exact) mass is 298 g/mol. The highest BCUT2D eigenvalue weighted by atomic mass is 15.2. The molecule has 120 valence electrons. The molecule has 0 spiro atoms. The fourth-order valence-corrected chi connectivity index (χ4v) is 3.17. The number of allylic oxidation sites excluding steroid dienone is 2. The summed E-state index contributed by atoms with van der Waals surface area (Å²) in [5.74, 6) is 1.19. The van der Waals surface area contributed by atoms with Gasteiger partial charge in [0.25, 0.3) is 0 Å². The van der Waals surface area contributed by atoms with Gasteiger partial charge in [0.2, 0.25) is 0 Å². The Morgan fingerprint density at radius 2 is 1.82 bits per heavy atom. The highest BCUT2D eigenvalue weighted by molar-refractivity contribution is 5.80. The lowest BCUT2D eigenvalue weighted by Gasteiger charge is -2.28. The molecule has 0 unspecified atom stereocenters. The summed E-state index contributed by atoms with van der Waals surface area (Å²) in [7, 11) is 0. The molecule has 0 N–H and O–H groups in total. The van der Waals surface area contributed by atoms with Crippen LogP contribution in [0.2, 0.25) is 0 Å². The van der Waals surface area contributed by atoms with Crippen LogP contribution >= 0.6 is 0 Å². The van der Waals surface area contributed by atoms with E-state index < -0.39 is 0 Å². The molecule has 1 fully saturated rings. The molecule has 22 heavy (non-hydrogen) atoms. The molecule has 0 radical (unpaired) electrons. The summed E-state index contributed by atoms with van der Waals surface area (Å²) in [4.78, 5) is 7.33. The highest BCUT2D eigenvalue weighted by Crippen LogP contribution is 2.17. The first-order chi connectivity index (χ1) is 10.7. The zero-order valence-electron chi connectivity index (χ0n) is 14.4. The van der Waals surface area contributed by atoms with Crippen LogP contribution < -0.4 is 0 Å². The Balaban J connectivity index is 1.97. The molecule has 2 heteroatoms. The molecule has 0 bridgehead atoms. The first-order valence-corrected chi connectivity index (χ1v) is 8.76. The molecule has 0 atom stereocenters. The van der Waals surface area contributed by atoms with Crippen molar-refractivity contribution in [2.75, 3.05) is 13.1 Å². The van der Waals surface area contributed by atoms with Gasteiger partial charge in [-0.15, -0.1) is 0 Å². The average molecular weight is 298 g/mol. The first kappa shape index (κ1) is 16.8. The molecule has 1 aromatic rings. The van der Waals surface area contributed by atoms with Crippen LogP contribution in [0, 0.1) is 0 Å². The predicted molar refractivity (Wildman–Crippen MR) is 96.4 cm³/mol. The third-order valence-corrected chi connectivity index (χ3v) is 4.60. The summed E-state index contributed by atoms with van der Waals surface area (Å²) in [6.07, 6.45) is 9.37. The summed E-state index contributed by atoms with van der Waals surface area (Å²) in [5, 5.41) is 0. The Hall–Kier alpha value is -1.57. The number of aliphatic imine (C=N–C) groups is 1. The maximum atomic E-state index is 4.89. The fraction of sp³-hybridized carbons (Fsp3) is 0.550. The minimum atomic E-state index is 1.03. The summed E-state index contributed by atoms with van der Waals surface area (Å²) >= 11 is 0. The Morgan fingerprint density at radius 1 is 1.14 bits per heavy atom. The van der Waals surface area contributed by atoms with Crippen LogP contribution in [0.3, 0.4) is 0 Å². The summed E-state index contributed by atoms with van der Waals surface area (Å²) in [5.41, 5.74) is 4.15. The van der Waals surface area contributed by atoms with E-state index in [2.05, 4.69) is 56.0 Å². The van der Waals surface area contributed by atoms with E-state index in [9.17, 15) is 0 Å². The van der Waals surface area contributed by atoms with E-state index in [1.807, 2.05) is 0 Å². The topological polar surface area (TPSA) is 15.6 Å². The molecule has 2 rings (SSSR count). The van der Waals surface area contributed by atoms with Crippen molar-refractivity contribution < 1.29 is 0 Å². The molecule has 1 aliphatic rings. The Bertz CT molecular complexity index is 522. The molecular formula is C20H30N2. The average Bonchev–Trinajstić information content (AvgIpc) is 2.59. The van der Waals surface area contributed by atoms with Crippen LogP contribution in [0.25, 0.3) is 0 Å². The number of likely N-dealkylation sites (tertiary alicyclic amines) is 1. The van der Waals surface area contributed by atoms with Gasteiger partial charge in [0, 0.05) is 18.8 Å². The van der Waals surface area contributed by atoms with Crippen molar-refractivity contribution in [1.82, 2.24) is 4.90 Å². The van der Waals surface area contributed by atoms with Crippen molar-refractivity contribution in [2.24, 2.45) is 4.99 Å². The number of amidine groups is 1. The van der Waals surface area contributed by atoms with Crippen LogP contribution in [0.5, 0.6) is 0 Å². The van der Waals surface area contributed by atoms with E-state index in [4.69, 9.17) is 4.99 Å². The smallest absolute Gasteiger partial charge is 0.101 e. The van der Waals surface area contributed by atoms with Gasteiger partial charge in [0.15, 0.2) is 0 Å². The van der Waals surface area contributed by atoms with Crippen LogP contribution in [0.15, 0.2) is 41.0 Å². The SMILES string of the molecule is C/C=C(/CCc1ccccc1CC)N=C(C)N1CCCCC1. The summed E-state index contributed by atoms with van der Waals surface area (Å²) in [6.45, 7) is 8.84. The highest BCUT2D eigenvalue weighted by Gasteiger charge is 2.11. The standard InChI is InChI=1S/C20H30N2/c1-4-18-11-7-8-12-19(18)13-14-20(5-2)21-17(3)22-15-9-6-10-16-22/h5,7-8,11-12H,4,6,9-10,13-16H2,1-3H3/b20-5-,21-17?. The molecule has 0 saturated carbocycles. The van der Waals surface area contributed by atoms with Crippen LogP contribution in [-0.2, 0) is 12.8 Å². The van der Waals surface area contributed by atoms with Crippen molar-refractivity contribution in [1.29, 1.82) is 0 Å². The van der Waals surface area contributed by atoms with Gasteiger partial charge < -0.3 is 4.90 Å². The zero-order chi connectivity index (χ0) is 15.8. The van der Waals surface area contributed by atoms with Gasteiger partial charge in [-0.25, -0.2) is 4.99 Å². The minimum absolute atomic E-state index is 1.03. The molecule has 0 aliphatic carbocycles. The predicted octanol–water partition coefficient (Wildman–Crippen LogP) is 4.99. The second kappa shape index (κ2) is 8.77. The molecule has 0 amide bonds. The number of nitrogens with zero attached hydrogens (tertiary/aromatic N) is 2. The summed E-state index contributed by atoms with van der Waals surface area (Å²) in [6, 6.07) is 8.78. The van der Waals surface area contributed by atoms with E-state index in [0.29, 0.717) is 0 Å². The van der Waals surface area contributed by atoms with Crippen molar-refractivity contribution in [3.05, 3.63) is 47.2 Å². The third kappa shape index (κ3) is 4.72. The van der Waals surface area contributed by atoms with Crippen molar-refractivity contribution in [3.63, 3.8) is 0 Å². The van der Waals surface area contributed by atoms with Gasteiger partial charge in [-0.1, -0.05) is 37.3 Å². The van der Waals surface area contributed by atoms with Crippen molar-refractivity contribution in [3.8, 4) is 0 Å². The van der Waals surface area contributed by atoms with E-state index in [0.717, 1.165) is 19.3 Å². The molecule has 1 aliphatic heterocycles. The third-order valence-electron chi connectivity index (χ3n) is 4.60. The maximum absolute atomic E-state index is 4.89. The van der Waals surface area contributed by atoms with Gasteiger partial charge in [0.1, 0.15) is 5.84 Å². The quantitative estimate of drug-likeness (QED) is 0.552. The van der Waals surface area contributed by atoms with Crippen molar-refractivity contribution >= 4 is 5.84 Å². The van der Waals surface area contributed by atoms with E-state index in [-0.39, 0.29) is 0 Å². The van der Waals surface area contributed by atoms with Crippen LogP contribution in [-0.4, -0.2) is 23.8 Å². The number of rotatable bonds is 5. The van der Waals surface area contributed by atoms with Gasteiger partial charge in [-0.3, -0.25) is 0 Å². The van der Waals surface area contributed by atoms with E-state index in [1.165, 1.54) is 55.0 Å². The Morgan fingerprint density at radius 3 is 2.45 bits per heavy atom. The van der Waals surface area contributed by atoms with Gasteiger partial charge >= 0.3 is 0 Å². The normalized spacial score (nSPS) is 17.0. The molecular weight excluding hydrogens is 268 g/mol. The maximum Gasteiger partial charge on any atom is 0.101 e. The molecule has 2 nitrogen and oxygen atoms in total. The number of piperidine rings is 1. The van der Waals surface area contributed by atoms with Crippen molar-refractivity contribution in [2.45, 2.75) is 59.3 Å². The van der Waals surface area contributed by atoms with E-state index >= 15 is 0 Å². The Kier molecular flexibility index (Phi) is 6.70. The van der Waals surface area contributed by atoms with E-state index in [1.54, 1.807) is 0 Å². The van der Waals surface area contributed by atoms with Gasteiger partial charge in [-0.05, 0) is 63.5 Å². The lowest BCUT2D eigenvalue weighted by atomic mass is 10.0. The zero-order valence-corrected chi connectivity index (χ0v) is 14.4. The second-order valence-electron chi connectivity index (χ2n) is 6.11. The number of hydrogen-bond donors (Lipinski definition) is 0. The largest absolute Gasteiger partial charge is 0.360 e. The Labute approximate surface area is 136 Å². The summed E-state index contributed by atoms with van der Waals surface area (Å²) < 4.78 is 0. The number of aryl methyl sites for hydroxylation is 2. The second-order valence-corrected chi connectivity index (χ2v) is 6.11.